The summed E-state index contributed by atoms with van der Waals surface area (Å²) in [6.07, 6.45) is 1.69. The van der Waals surface area contributed by atoms with E-state index < -0.39 is 6.10 Å². The van der Waals surface area contributed by atoms with Gasteiger partial charge in [-0.25, -0.2) is 4.98 Å². The van der Waals surface area contributed by atoms with Crippen molar-refractivity contribution in [2.75, 3.05) is 0 Å². The summed E-state index contributed by atoms with van der Waals surface area (Å²) in [5, 5.41) is 9.86. The summed E-state index contributed by atoms with van der Waals surface area (Å²) in [5.41, 5.74) is 1.72. The number of aliphatic hydroxyl groups excluding tert-OH is 1. The standard InChI is InChI=1S/C13H16N2O2/c1-9-3-4-12-11(7-9)13(17)15(8-14-12)6-5-10(2)16/h3-4,7-8,10,16H,5-6H2,1-2H3/t10-/m1/s1. The molecule has 0 saturated carbocycles. The molecule has 0 spiro atoms. The summed E-state index contributed by atoms with van der Waals surface area (Å²) in [7, 11) is 0. The highest BCUT2D eigenvalue weighted by Gasteiger charge is 2.05. The van der Waals surface area contributed by atoms with Gasteiger partial charge in [0.25, 0.3) is 5.56 Å². The quantitative estimate of drug-likeness (QED) is 0.872. The second kappa shape index (κ2) is 4.67. The molecule has 1 atom stereocenters. The summed E-state index contributed by atoms with van der Waals surface area (Å²) in [5.74, 6) is 0. The molecule has 1 N–H and O–H groups in total. The van der Waals surface area contributed by atoms with E-state index >= 15 is 0 Å². The SMILES string of the molecule is Cc1ccc2ncn(CC[C@@H](C)O)c(=O)c2c1. The Morgan fingerprint density at radius 3 is 2.94 bits per heavy atom. The number of benzene rings is 1. The third-order valence-electron chi connectivity index (χ3n) is 2.77. The van der Waals surface area contributed by atoms with Gasteiger partial charge in [0.2, 0.25) is 0 Å². The Morgan fingerprint density at radius 2 is 2.24 bits per heavy atom. The fourth-order valence-electron chi connectivity index (χ4n) is 1.76. The first-order chi connectivity index (χ1) is 8.08. The van der Waals surface area contributed by atoms with E-state index in [9.17, 15) is 9.90 Å². The van der Waals surface area contributed by atoms with Crippen LogP contribution in [0.25, 0.3) is 10.9 Å². The molecular formula is C13H16N2O2. The van der Waals surface area contributed by atoms with Crippen LogP contribution in [0.3, 0.4) is 0 Å². The average Bonchev–Trinajstić information content (AvgIpc) is 2.29. The second-order valence-electron chi connectivity index (χ2n) is 4.40. The third-order valence-corrected chi connectivity index (χ3v) is 2.77. The molecule has 0 unspecified atom stereocenters. The van der Waals surface area contributed by atoms with Gasteiger partial charge in [0.1, 0.15) is 0 Å². The lowest BCUT2D eigenvalue weighted by molar-refractivity contribution is 0.177. The van der Waals surface area contributed by atoms with Gasteiger partial charge in [-0.15, -0.1) is 0 Å². The van der Waals surface area contributed by atoms with Crippen LogP contribution >= 0.6 is 0 Å². The minimum Gasteiger partial charge on any atom is -0.393 e. The number of hydrogen-bond donors (Lipinski definition) is 1. The van der Waals surface area contributed by atoms with E-state index in [-0.39, 0.29) is 5.56 Å². The first-order valence-electron chi connectivity index (χ1n) is 5.72. The van der Waals surface area contributed by atoms with E-state index in [0.717, 1.165) is 5.56 Å². The molecule has 1 aromatic heterocycles. The Hall–Kier alpha value is -1.68. The Kier molecular flexibility index (Phi) is 3.24. The summed E-state index contributed by atoms with van der Waals surface area (Å²) in [6, 6.07) is 5.64. The van der Waals surface area contributed by atoms with Crippen molar-refractivity contribution in [1.82, 2.24) is 9.55 Å². The van der Waals surface area contributed by atoms with Crippen molar-refractivity contribution in [3.05, 3.63) is 40.4 Å². The van der Waals surface area contributed by atoms with Crippen molar-refractivity contribution in [3.8, 4) is 0 Å². The van der Waals surface area contributed by atoms with Crippen molar-refractivity contribution in [2.24, 2.45) is 0 Å². The molecule has 4 nitrogen and oxygen atoms in total. The highest BCUT2D eigenvalue weighted by atomic mass is 16.3. The average molecular weight is 232 g/mol. The monoisotopic (exact) mass is 232 g/mol. The minimum absolute atomic E-state index is 0.0423. The topological polar surface area (TPSA) is 55.1 Å². The third kappa shape index (κ3) is 2.53. The smallest absolute Gasteiger partial charge is 0.261 e. The van der Waals surface area contributed by atoms with Gasteiger partial charge in [0.05, 0.1) is 23.3 Å². The number of aliphatic hydroxyl groups is 1. The summed E-state index contributed by atoms with van der Waals surface area (Å²) in [6.45, 7) is 4.16. The first-order valence-corrected chi connectivity index (χ1v) is 5.72. The first kappa shape index (κ1) is 11.8. The number of aryl methyl sites for hydroxylation is 2. The number of rotatable bonds is 3. The van der Waals surface area contributed by atoms with Gasteiger partial charge in [0.15, 0.2) is 0 Å². The van der Waals surface area contributed by atoms with Gasteiger partial charge in [0, 0.05) is 6.54 Å². The predicted octanol–water partition coefficient (Wildman–Crippen LogP) is 1.48. The molecule has 0 aliphatic heterocycles. The van der Waals surface area contributed by atoms with Crippen LogP contribution in [0, 0.1) is 6.92 Å². The van der Waals surface area contributed by atoms with E-state index in [2.05, 4.69) is 4.98 Å². The van der Waals surface area contributed by atoms with Crippen molar-refractivity contribution >= 4 is 10.9 Å². The van der Waals surface area contributed by atoms with Gasteiger partial charge >= 0.3 is 0 Å². The molecule has 0 bridgehead atoms. The van der Waals surface area contributed by atoms with Crippen LogP contribution in [-0.4, -0.2) is 20.8 Å². The van der Waals surface area contributed by atoms with Crippen LogP contribution in [0.2, 0.25) is 0 Å². The Morgan fingerprint density at radius 1 is 1.47 bits per heavy atom. The van der Waals surface area contributed by atoms with E-state index in [1.54, 1.807) is 17.8 Å². The highest BCUT2D eigenvalue weighted by molar-refractivity contribution is 5.77. The fourth-order valence-corrected chi connectivity index (χ4v) is 1.76. The molecule has 0 fully saturated rings. The number of fused-ring (bicyclic) bond motifs is 1. The largest absolute Gasteiger partial charge is 0.393 e. The van der Waals surface area contributed by atoms with Gasteiger partial charge in [-0.1, -0.05) is 11.6 Å². The van der Waals surface area contributed by atoms with Gasteiger partial charge in [-0.05, 0) is 32.4 Å². The molecule has 0 aliphatic rings. The van der Waals surface area contributed by atoms with Gasteiger partial charge < -0.3 is 5.11 Å². The van der Waals surface area contributed by atoms with Crippen LogP contribution in [0.4, 0.5) is 0 Å². The van der Waals surface area contributed by atoms with Crippen LogP contribution < -0.4 is 5.56 Å². The zero-order chi connectivity index (χ0) is 12.4. The lowest BCUT2D eigenvalue weighted by Crippen LogP contribution is -2.22. The zero-order valence-corrected chi connectivity index (χ0v) is 10.1. The molecule has 2 rings (SSSR count). The lowest BCUT2D eigenvalue weighted by atomic mass is 10.2. The lowest BCUT2D eigenvalue weighted by Gasteiger charge is -2.08. The van der Waals surface area contributed by atoms with Crippen molar-refractivity contribution in [1.29, 1.82) is 0 Å². The summed E-state index contributed by atoms with van der Waals surface area (Å²) >= 11 is 0. The van der Waals surface area contributed by atoms with Crippen molar-refractivity contribution in [3.63, 3.8) is 0 Å². The van der Waals surface area contributed by atoms with Crippen LogP contribution in [-0.2, 0) is 6.54 Å². The number of hydrogen-bond acceptors (Lipinski definition) is 3. The Labute approximate surface area is 99.5 Å². The van der Waals surface area contributed by atoms with Crippen molar-refractivity contribution in [2.45, 2.75) is 32.9 Å². The van der Waals surface area contributed by atoms with E-state index in [4.69, 9.17) is 0 Å². The van der Waals surface area contributed by atoms with Crippen LogP contribution in [0.5, 0.6) is 0 Å². The highest BCUT2D eigenvalue weighted by Crippen LogP contribution is 2.09. The van der Waals surface area contributed by atoms with E-state index in [1.807, 2.05) is 25.1 Å². The molecule has 17 heavy (non-hydrogen) atoms. The van der Waals surface area contributed by atoms with Gasteiger partial charge in [-0.3, -0.25) is 9.36 Å². The maximum atomic E-state index is 12.1. The molecule has 0 aliphatic carbocycles. The molecule has 2 aromatic rings. The van der Waals surface area contributed by atoms with E-state index in [0.29, 0.717) is 23.9 Å². The van der Waals surface area contributed by atoms with Crippen molar-refractivity contribution < 1.29 is 5.11 Å². The van der Waals surface area contributed by atoms with Crippen LogP contribution in [0.1, 0.15) is 18.9 Å². The summed E-state index contributed by atoms with van der Waals surface area (Å²) in [4.78, 5) is 16.4. The van der Waals surface area contributed by atoms with E-state index in [1.165, 1.54) is 0 Å². The summed E-state index contributed by atoms with van der Waals surface area (Å²) < 4.78 is 1.55. The molecule has 1 aromatic carbocycles. The Balaban J connectivity index is 2.46. The molecule has 0 radical (unpaired) electrons. The predicted molar refractivity (Wildman–Crippen MR) is 67.0 cm³/mol. The minimum atomic E-state index is -0.407. The number of nitrogens with zero attached hydrogens (tertiary/aromatic N) is 2. The number of aromatic nitrogens is 2. The Bertz CT molecular complexity index is 587. The fraction of sp³-hybridized carbons (Fsp3) is 0.385. The van der Waals surface area contributed by atoms with Crippen LogP contribution in [0.15, 0.2) is 29.3 Å². The maximum Gasteiger partial charge on any atom is 0.261 e. The maximum absolute atomic E-state index is 12.1. The molecule has 4 heteroatoms. The molecule has 0 amide bonds. The normalized spacial score (nSPS) is 12.9. The van der Waals surface area contributed by atoms with Gasteiger partial charge in [-0.2, -0.15) is 0 Å². The molecular weight excluding hydrogens is 216 g/mol. The molecule has 1 heterocycles. The molecule has 90 valence electrons. The zero-order valence-electron chi connectivity index (χ0n) is 10.1. The molecule has 0 saturated heterocycles. The second-order valence-corrected chi connectivity index (χ2v) is 4.40.